The van der Waals surface area contributed by atoms with Gasteiger partial charge in [-0.05, 0) is 54.8 Å². The van der Waals surface area contributed by atoms with Gasteiger partial charge in [0.1, 0.15) is 0 Å². The minimum absolute atomic E-state index is 0.0170. The van der Waals surface area contributed by atoms with Gasteiger partial charge in [-0.1, -0.05) is 83.5 Å². The van der Waals surface area contributed by atoms with Gasteiger partial charge in [0.25, 0.3) is 0 Å². The molecule has 3 aromatic carbocycles. The van der Waals surface area contributed by atoms with Gasteiger partial charge in [-0.25, -0.2) is 4.79 Å². The summed E-state index contributed by atoms with van der Waals surface area (Å²) in [5.74, 6) is -1.52. The number of ether oxygens (including phenoxy) is 1. The Morgan fingerprint density at radius 2 is 1.79 bits per heavy atom. The number of hydrogen-bond acceptors (Lipinski definition) is 6. The van der Waals surface area contributed by atoms with Crippen LogP contribution in [0.1, 0.15) is 29.5 Å². The van der Waals surface area contributed by atoms with E-state index >= 15 is 0 Å². The number of anilines is 1. The number of dihydropyridines is 1. The average Bonchev–Trinajstić information content (AvgIpc) is 2.94. The van der Waals surface area contributed by atoms with Crippen LogP contribution in [0.25, 0.3) is 5.70 Å². The minimum atomic E-state index is -0.732. The zero-order chi connectivity index (χ0) is 27.9. The van der Waals surface area contributed by atoms with Gasteiger partial charge >= 0.3 is 5.97 Å². The van der Waals surface area contributed by atoms with Crippen LogP contribution in [0.3, 0.4) is 0 Å². The van der Waals surface area contributed by atoms with Crippen LogP contribution in [-0.4, -0.2) is 24.2 Å². The Morgan fingerprint density at radius 1 is 1.08 bits per heavy atom. The summed E-state index contributed by atoms with van der Waals surface area (Å²) < 4.78 is 5.44. The van der Waals surface area contributed by atoms with Crippen molar-refractivity contribution in [3.8, 4) is 6.07 Å². The van der Waals surface area contributed by atoms with Crippen LogP contribution in [0.15, 0.2) is 89.0 Å². The number of nitrogens with one attached hydrogen (secondary N) is 2. The molecule has 0 aliphatic carbocycles. The third-order valence-corrected chi connectivity index (χ3v) is 7.69. The van der Waals surface area contributed by atoms with Gasteiger partial charge in [0.2, 0.25) is 5.91 Å². The van der Waals surface area contributed by atoms with Crippen molar-refractivity contribution in [3.63, 3.8) is 0 Å². The Hall–Kier alpha value is -3.70. The molecule has 0 radical (unpaired) electrons. The molecule has 1 aliphatic heterocycles. The lowest BCUT2D eigenvalue weighted by Crippen LogP contribution is -2.29. The van der Waals surface area contributed by atoms with E-state index < -0.39 is 11.9 Å². The first-order chi connectivity index (χ1) is 18.8. The molecule has 9 heteroatoms. The molecule has 0 saturated heterocycles. The Bertz CT molecular complexity index is 1500. The van der Waals surface area contributed by atoms with Crippen molar-refractivity contribution in [1.29, 1.82) is 5.26 Å². The second-order valence-corrected chi connectivity index (χ2v) is 10.5. The van der Waals surface area contributed by atoms with E-state index in [0.717, 1.165) is 11.1 Å². The standard InChI is InChI=1S/C30H25Cl2N3O3S/c1-3-38-30(37)27-26(19-10-12-21(31)13-11-19)23(16-33)29(35-28(27)20-7-5-4-6-8-20)39-17-25(36)34-22-14-9-18(2)24(32)15-22/h4-15,26,35H,3,17H2,1-2H3,(H,34,36). The highest BCUT2D eigenvalue weighted by atomic mass is 35.5. The van der Waals surface area contributed by atoms with Crippen molar-refractivity contribution in [2.75, 3.05) is 17.7 Å². The summed E-state index contributed by atoms with van der Waals surface area (Å²) in [6, 6.07) is 23.9. The lowest BCUT2D eigenvalue weighted by atomic mass is 9.81. The van der Waals surface area contributed by atoms with E-state index in [2.05, 4.69) is 16.7 Å². The number of carbonyl (C=O) groups is 2. The van der Waals surface area contributed by atoms with Crippen LogP contribution in [-0.2, 0) is 14.3 Å². The number of amides is 1. The highest BCUT2D eigenvalue weighted by molar-refractivity contribution is 8.03. The molecule has 1 unspecified atom stereocenters. The molecule has 0 bridgehead atoms. The summed E-state index contributed by atoms with van der Waals surface area (Å²) in [6.45, 7) is 3.79. The van der Waals surface area contributed by atoms with E-state index in [1.807, 2.05) is 43.3 Å². The fraction of sp³-hybridized carbons (Fsp3) is 0.167. The van der Waals surface area contributed by atoms with E-state index in [1.54, 1.807) is 43.3 Å². The molecule has 4 rings (SSSR count). The SMILES string of the molecule is CCOC(=O)C1=C(c2ccccc2)NC(SCC(=O)Nc2ccc(C)c(Cl)c2)=C(C#N)C1c1ccc(Cl)cc1. The normalized spacial score (nSPS) is 14.9. The van der Waals surface area contributed by atoms with E-state index in [4.69, 9.17) is 27.9 Å². The molecule has 0 aromatic heterocycles. The quantitative estimate of drug-likeness (QED) is 0.278. The summed E-state index contributed by atoms with van der Waals surface area (Å²) in [7, 11) is 0. The fourth-order valence-corrected chi connectivity index (χ4v) is 5.30. The Balaban J connectivity index is 1.74. The second kappa shape index (κ2) is 12.9. The molecule has 198 valence electrons. The molecule has 6 nitrogen and oxygen atoms in total. The molecule has 1 amide bonds. The van der Waals surface area contributed by atoms with E-state index in [1.165, 1.54) is 11.8 Å². The molecular weight excluding hydrogens is 553 g/mol. The average molecular weight is 579 g/mol. The van der Waals surface area contributed by atoms with Crippen molar-refractivity contribution in [1.82, 2.24) is 5.32 Å². The molecule has 2 N–H and O–H groups in total. The number of rotatable bonds is 8. The lowest BCUT2D eigenvalue weighted by Gasteiger charge is -2.30. The first-order valence-electron chi connectivity index (χ1n) is 12.1. The maximum Gasteiger partial charge on any atom is 0.337 e. The molecule has 1 heterocycles. The maximum atomic E-state index is 13.4. The summed E-state index contributed by atoms with van der Waals surface area (Å²) in [4.78, 5) is 26.2. The molecule has 3 aromatic rings. The maximum absolute atomic E-state index is 13.4. The highest BCUT2D eigenvalue weighted by Crippen LogP contribution is 2.43. The van der Waals surface area contributed by atoms with Crippen LogP contribution in [0.2, 0.25) is 10.0 Å². The Labute approximate surface area is 241 Å². The number of hydrogen-bond donors (Lipinski definition) is 2. The summed E-state index contributed by atoms with van der Waals surface area (Å²) in [5, 5.41) is 18.0. The first kappa shape index (κ1) is 28.3. The molecule has 0 spiro atoms. The summed E-state index contributed by atoms with van der Waals surface area (Å²) >= 11 is 13.5. The van der Waals surface area contributed by atoms with Gasteiger partial charge in [0.05, 0.1) is 46.2 Å². The smallest absolute Gasteiger partial charge is 0.337 e. The van der Waals surface area contributed by atoms with Gasteiger partial charge in [0.15, 0.2) is 0 Å². The Morgan fingerprint density at radius 3 is 2.44 bits per heavy atom. The zero-order valence-corrected chi connectivity index (χ0v) is 23.6. The molecule has 1 aliphatic rings. The number of benzene rings is 3. The Kier molecular flexibility index (Phi) is 9.36. The van der Waals surface area contributed by atoms with E-state index in [-0.39, 0.29) is 18.3 Å². The van der Waals surface area contributed by atoms with Crippen LogP contribution in [0.5, 0.6) is 0 Å². The number of esters is 1. The van der Waals surface area contributed by atoms with Gasteiger partial charge < -0.3 is 15.4 Å². The minimum Gasteiger partial charge on any atom is -0.463 e. The largest absolute Gasteiger partial charge is 0.463 e. The third kappa shape index (κ3) is 6.66. The number of allylic oxidation sites excluding steroid dienone is 1. The molecule has 39 heavy (non-hydrogen) atoms. The molecule has 0 fully saturated rings. The fourth-order valence-electron chi connectivity index (χ4n) is 4.15. The van der Waals surface area contributed by atoms with Crippen LogP contribution >= 0.6 is 35.0 Å². The number of thioether (sulfide) groups is 1. The number of nitriles is 1. The second-order valence-electron chi connectivity index (χ2n) is 8.64. The van der Waals surface area contributed by atoms with Gasteiger partial charge in [-0.3, -0.25) is 4.79 Å². The van der Waals surface area contributed by atoms with Gasteiger partial charge in [-0.2, -0.15) is 5.26 Å². The number of aryl methyl sites for hydroxylation is 1. The van der Waals surface area contributed by atoms with Crippen molar-refractivity contribution < 1.29 is 14.3 Å². The predicted molar refractivity (Wildman–Crippen MR) is 157 cm³/mol. The molecule has 0 saturated carbocycles. The van der Waals surface area contributed by atoms with E-state index in [0.29, 0.717) is 43.2 Å². The van der Waals surface area contributed by atoms with Crippen molar-refractivity contribution in [2.45, 2.75) is 19.8 Å². The van der Waals surface area contributed by atoms with Gasteiger partial charge in [0, 0.05) is 15.7 Å². The molecule has 1 atom stereocenters. The van der Waals surface area contributed by atoms with E-state index in [9.17, 15) is 14.9 Å². The monoisotopic (exact) mass is 577 g/mol. The summed E-state index contributed by atoms with van der Waals surface area (Å²) in [5.41, 5.74) is 4.06. The van der Waals surface area contributed by atoms with Crippen molar-refractivity contribution >= 4 is 58.2 Å². The topological polar surface area (TPSA) is 91.2 Å². The van der Waals surface area contributed by atoms with Crippen molar-refractivity contribution in [3.05, 3.63) is 116 Å². The van der Waals surface area contributed by atoms with Gasteiger partial charge in [-0.15, -0.1) is 0 Å². The van der Waals surface area contributed by atoms with Crippen molar-refractivity contribution in [2.24, 2.45) is 0 Å². The number of nitrogens with zero attached hydrogens (tertiary/aromatic N) is 1. The zero-order valence-electron chi connectivity index (χ0n) is 21.3. The lowest BCUT2D eigenvalue weighted by molar-refractivity contribution is -0.138. The van der Waals surface area contributed by atoms with Crippen LogP contribution in [0.4, 0.5) is 5.69 Å². The first-order valence-corrected chi connectivity index (χ1v) is 13.9. The predicted octanol–water partition coefficient (Wildman–Crippen LogP) is 7.07. The van der Waals surface area contributed by atoms with Crippen LogP contribution in [0, 0.1) is 18.3 Å². The summed E-state index contributed by atoms with van der Waals surface area (Å²) in [6.07, 6.45) is 0. The third-order valence-electron chi connectivity index (χ3n) is 6.01. The van der Waals surface area contributed by atoms with Crippen LogP contribution < -0.4 is 10.6 Å². The molecular formula is C30H25Cl2N3O3S. The highest BCUT2D eigenvalue weighted by Gasteiger charge is 2.37. The number of halogens is 2. The number of carbonyl (C=O) groups excluding carboxylic acids is 2.